The third-order valence-electron chi connectivity index (χ3n) is 6.22. The second kappa shape index (κ2) is 9.69. The molecule has 2 fully saturated rings. The first-order chi connectivity index (χ1) is 14.6. The second-order valence-electron chi connectivity index (χ2n) is 8.36. The summed E-state index contributed by atoms with van der Waals surface area (Å²) in [6.07, 6.45) is 11.6. The lowest BCUT2D eigenvalue weighted by Gasteiger charge is -2.33. The number of benzene rings is 1. The van der Waals surface area contributed by atoms with E-state index >= 15 is 0 Å². The third kappa shape index (κ3) is 5.07. The topological polar surface area (TPSA) is 49.9 Å². The smallest absolute Gasteiger partial charge is 0.246 e. The first-order valence-corrected chi connectivity index (χ1v) is 11.4. The van der Waals surface area contributed by atoms with Gasteiger partial charge in [0, 0.05) is 48.8 Å². The van der Waals surface area contributed by atoms with Gasteiger partial charge in [0.2, 0.25) is 11.8 Å². The molecule has 3 heterocycles. The fourth-order valence-corrected chi connectivity index (χ4v) is 4.62. The van der Waals surface area contributed by atoms with Gasteiger partial charge < -0.3 is 14.5 Å². The Morgan fingerprint density at radius 3 is 2.47 bits per heavy atom. The summed E-state index contributed by atoms with van der Waals surface area (Å²) in [4.78, 5) is 29.3. The van der Waals surface area contributed by atoms with E-state index in [0.717, 1.165) is 55.7 Å². The van der Waals surface area contributed by atoms with Crippen molar-refractivity contribution in [2.45, 2.75) is 38.5 Å². The molecule has 0 N–H and O–H groups in total. The van der Waals surface area contributed by atoms with Gasteiger partial charge in [0.15, 0.2) is 0 Å². The Hall–Kier alpha value is -2.27. The third-order valence-corrected chi connectivity index (χ3v) is 6.46. The number of piperidine rings is 1. The molecule has 0 atom stereocenters. The fraction of sp³-hybridized carbons (Fsp3) is 0.500. The van der Waals surface area contributed by atoms with Crippen LogP contribution in [0.1, 0.15) is 44.1 Å². The minimum atomic E-state index is -0.00605. The number of ether oxygens (including phenoxy) is 1. The van der Waals surface area contributed by atoms with Crippen LogP contribution in [-0.2, 0) is 9.59 Å². The number of hydrogen-bond donors (Lipinski definition) is 0. The highest BCUT2D eigenvalue weighted by Crippen LogP contribution is 2.29. The average Bonchev–Trinajstić information content (AvgIpc) is 3.06. The van der Waals surface area contributed by atoms with Crippen LogP contribution in [0.15, 0.2) is 35.9 Å². The van der Waals surface area contributed by atoms with E-state index in [1.54, 1.807) is 12.1 Å². The molecule has 5 nitrogen and oxygen atoms in total. The molecule has 3 aliphatic rings. The zero-order valence-corrected chi connectivity index (χ0v) is 18.1. The monoisotopic (exact) mass is 428 g/mol. The fourth-order valence-electron chi connectivity index (χ4n) is 4.44. The van der Waals surface area contributed by atoms with Crippen molar-refractivity contribution in [2.24, 2.45) is 5.92 Å². The number of fused-ring (bicyclic) bond motifs is 1. The van der Waals surface area contributed by atoms with Crippen molar-refractivity contribution in [1.82, 2.24) is 9.80 Å². The molecule has 30 heavy (non-hydrogen) atoms. The van der Waals surface area contributed by atoms with Crippen molar-refractivity contribution in [2.75, 3.05) is 32.8 Å². The molecule has 0 aliphatic carbocycles. The van der Waals surface area contributed by atoms with Crippen molar-refractivity contribution in [1.29, 1.82) is 0 Å². The van der Waals surface area contributed by atoms with Gasteiger partial charge in [-0.2, -0.15) is 0 Å². The Labute approximate surface area is 183 Å². The molecule has 0 saturated carbocycles. The van der Waals surface area contributed by atoms with Crippen LogP contribution < -0.4 is 4.74 Å². The van der Waals surface area contributed by atoms with Crippen LogP contribution in [0, 0.1) is 5.92 Å². The number of carbonyl (C=O) groups excluding carboxylic acids is 2. The van der Waals surface area contributed by atoms with E-state index in [1.807, 2.05) is 29.2 Å². The molecule has 1 aromatic carbocycles. The minimum Gasteiger partial charge on any atom is -0.488 e. The van der Waals surface area contributed by atoms with E-state index < -0.39 is 0 Å². The molecule has 0 aromatic heterocycles. The van der Waals surface area contributed by atoms with Gasteiger partial charge in [-0.15, -0.1) is 0 Å². The van der Waals surface area contributed by atoms with Crippen molar-refractivity contribution >= 4 is 29.5 Å². The molecule has 3 aliphatic heterocycles. The minimum absolute atomic E-state index is 0.00605. The Morgan fingerprint density at radius 2 is 1.73 bits per heavy atom. The van der Waals surface area contributed by atoms with Crippen LogP contribution in [0.5, 0.6) is 5.75 Å². The van der Waals surface area contributed by atoms with Crippen LogP contribution in [0.3, 0.4) is 0 Å². The molecular weight excluding hydrogens is 400 g/mol. The molecule has 2 amide bonds. The highest BCUT2D eigenvalue weighted by molar-refractivity contribution is 6.30. The molecule has 2 saturated heterocycles. The van der Waals surface area contributed by atoms with Crippen molar-refractivity contribution in [3.63, 3.8) is 0 Å². The summed E-state index contributed by atoms with van der Waals surface area (Å²) in [6.45, 7) is 3.51. The number of likely N-dealkylation sites (tertiary alicyclic amines) is 2. The Morgan fingerprint density at radius 1 is 1.00 bits per heavy atom. The largest absolute Gasteiger partial charge is 0.488 e. The molecule has 1 aromatic rings. The summed E-state index contributed by atoms with van der Waals surface area (Å²) in [5.41, 5.74) is 1.86. The van der Waals surface area contributed by atoms with E-state index in [9.17, 15) is 9.59 Å². The quantitative estimate of drug-likeness (QED) is 0.674. The van der Waals surface area contributed by atoms with Gasteiger partial charge in [0.25, 0.3) is 0 Å². The number of rotatable bonds is 3. The standard InChI is InChI=1S/C24H29ClN2O3/c25-21-6-7-22-20(16-21)15-18(17-30-22)5-8-23(28)26-13-9-19(10-14-26)24(29)27-11-3-1-2-4-12-27/h5-8,15-16,19H,1-4,9-14,17H2/b8-5-. The Kier molecular flexibility index (Phi) is 6.78. The first kappa shape index (κ1) is 21.0. The predicted octanol–water partition coefficient (Wildman–Crippen LogP) is 4.31. The summed E-state index contributed by atoms with van der Waals surface area (Å²) >= 11 is 6.05. The average molecular weight is 429 g/mol. The zero-order valence-electron chi connectivity index (χ0n) is 17.3. The number of carbonyl (C=O) groups is 2. The highest BCUT2D eigenvalue weighted by Gasteiger charge is 2.29. The molecule has 0 unspecified atom stereocenters. The van der Waals surface area contributed by atoms with Crippen molar-refractivity contribution in [3.8, 4) is 5.75 Å². The Bertz CT molecular complexity index is 848. The van der Waals surface area contributed by atoms with Crippen molar-refractivity contribution < 1.29 is 14.3 Å². The van der Waals surface area contributed by atoms with E-state index in [4.69, 9.17) is 16.3 Å². The number of nitrogens with zero attached hydrogens (tertiary/aromatic N) is 2. The highest BCUT2D eigenvalue weighted by atomic mass is 35.5. The van der Waals surface area contributed by atoms with E-state index in [0.29, 0.717) is 30.6 Å². The van der Waals surface area contributed by atoms with Gasteiger partial charge in [-0.3, -0.25) is 9.59 Å². The van der Waals surface area contributed by atoms with Gasteiger partial charge in [0.1, 0.15) is 12.4 Å². The number of amides is 2. The lowest BCUT2D eigenvalue weighted by atomic mass is 9.95. The lowest BCUT2D eigenvalue weighted by Crippen LogP contribution is -2.44. The maximum Gasteiger partial charge on any atom is 0.246 e. The molecule has 160 valence electrons. The number of halogens is 1. The van der Waals surface area contributed by atoms with Gasteiger partial charge in [0.05, 0.1) is 0 Å². The summed E-state index contributed by atoms with van der Waals surface area (Å²) in [5, 5.41) is 0.660. The lowest BCUT2D eigenvalue weighted by molar-refractivity contribution is -0.139. The molecular formula is C24H29ClN2O3. The van der Waals surface area contributed by atoms with E-state index in [-0.39, 0.29) is 11.8 Å². The molecule has 0 radical (unpaired) electrons. The van der Waals surface area contributed by atoms with Crippen LogP contribution >= 0.6 is 11.6 Å². The normalized spacial score (nSPS) is 20.4. The maximum atomic E-state index is 12.8. The molecule has 0 bridgehead atoms. The molecule has 4 rings (SSSR count). The first-order valence-electron chi connectivity index (χ1n) is 11.0. The van der Waals surface area contributed by atoms with Gasteiger partial charge in [-0.25, -0.2) is 0 Å². The van der Waals surface area contributed by atoms with Gasteiger partial charge >= 0.3 is 0 Å². The molecule has 6 heteroatoms. The summed E-state index contributed by atoms with van der Waals surface area (Å²) in [5.74, 6) is 1.15. The molecule has 0 spiro atoms. The zero-order chi connectivity index (χ0) is 20.9. The summed E-state index contributed by atoms with van der Waals surface area (Å²) < 4.78 is 5.73. The van der Waals surface area contributed by atoms with Crippen LogP contribution in [0.25, 0.3) is 6.08 Å². The van der Waals surface area contributed by atoms with Crippen LogP contribution in [-0.4, -0.2) is 54.4 Å². The van der Waals surface area contributed by atoms with E-state index in [2.05, 4.69) is 4.90 Å². The van der Waals surface area contributed by atoms with Crippen molar-refractivity contribution in [3.05, 3.63) is 46.5 Å². The van der Waals surface area contributed by atoms with Crippen LogP contribution in [0.4, 0.5) is 0 Å². The second-order valence-corrected chi connectivity index (χ2v) is 8.80. The maximum absolute atomic E-state index is 12.8. The van der Waals surface area contributed by atoms with E-state index in [1.165, 1.54) is 12.8 Å². The van der Waals surface area contributed by atoms with Gasteiger partial charge in [-0.05, 0) is 55.5 Å². The number of hydrogen-bond acceptors (Lipinski definition) is 3. The summed E-state index contributed by atoms with van der Waals surface area (Å²) in [6, 6.07) is 5.52. The predicted molar refractivity (Wildman–Crippen MR) is 118 cm³/mol. The summed E-state index contributed by atoms with van der Waals surface area (Å²) in [7, 11) is 0. The van der Waals surface area contributed by atoms with Gasteiger partial charge in [-0.1, -0.05) is 30.5 Å². The van der Waals surface area contributed by atoms with Crippen LogP contribution in [0.2, 0.25) is 5.02 Å². The SMILES string of the molecule is O=C(/C=C\C1=Cc2cc(Cl)ccc2OC1)N1CCC(C(=O)N2CCCCCC2)CC1. The Balaban J connectivity index is 1.30.